The molecule has 6 heteroatoms. The molecule has 1 N–H and O–H groups in total. The fraction of sp³-hybridized carbons (Fsp3) is 0.222. The van der Waals surface area contributed by atoms with Gasteiger partial charge in [0.15, 0.2) is 5.13 Å². The van der Waals surface area contributed by atoms with Crippen molar-refractivity contribution < 1.29 is 9.90 Å². The standard InChI is InChI=1S/C18H16N2O2S2/c21-16(22)7-8-20(11-13-5-3-9-23-13)18-19-17-14-6-2-1-4-12(14)10-15(17)24-18/h1-6,9H,7-8,10-11H2,(H,21,22). The Morgan fingerprint density at radius 3 is 2.92 bits per heavy atom. The van der Waals surface area contributed by atoms with E-state index in [1.54, 1.807) is 22.7 Å². The molecule has 0 fully saturated rings. The third-order valence-electron chi connectivity index (χ3n) is 4.10. The van der Waals surface area contributed by atoms with Crippen LogP contribution in [-0.2, 0) is 17.8 Å². The third-order valence-corrected chi connectivity index (χ3v) is 6.08. The third kappa shape index (κ3) is 2.95. The van der Waals surface area contributed by atoms with Crippen molar-refractivity contribution in [3.63, 3.8) is 0 Å². The summed E-state index contributed by atoms with van der Waals surface area (Å²) in [5.41, 5.74) is 3.61. The summed E-state index contributed by atoms with van der Waals surface area (Å²) in [7, 11) is 0. The first kappa shape index (κ1) is 15.4. The summed E-state index contributed by atoms with van der Waals surface area (Å²) in [6.07, 6.45) is 1.04. The second kappa shape index (κ2) is 6.37. The van der Waals surface area contributed by atoms with Crippen LogP contribution in [-0.4, -0.2) is 22.6 Å². The first-order chi connectivity index (χ1) is 11.7. The number of nitrogens with zero attached hydrogens (tertiary/aromatic N) is 2. The van der Waals surface area contributed by atoms with Crippen LogP contribution in [0.25, 0.3) is 11.3 Å². The van der Waals surface area contributed by atoms with Crippen molar-refractivity contribution in [3.05, 3.63) is 57.1 Å². The number of aromatic nitrogens is 1. The summed E-state index contributed by atoms with van der Waals surface area (Å²) >= 11 is 3.37. The second-order valence-electron chi connectivity index (χ2n) is 5.75. The van der Waals surface area contributed by atoms with Crippen LogP contribution in [0.1, 0.15) is 21.7 Å². The second-order valence-corrected chi connectivity index (χ2v) is 7.84. The highest BCUT2D eigenvalue weighted by atomic mass is 32.1. The number of rotatable bonds is 6. The van der Waals surface area contributed by atoms with Gasteiger partial charge in [0.2, 0.25) is 0 Å². The van der Waals surface area contributed by atoms with Crippen molar-refractivity contribution in [2.45, 2.75) is 19.4 Å². The summed E-state index contributed by atoms with van der Waals surface area (Å²) in [6.45, 7) is 1.18. The molecule has 1 aromatic carbocycles. The van der Waals surface area contributed by atoms with Gasteiger partial charge in [-0.2, -0.15) is 0 Å². The number of anilines is 1. The predicted octanol–water partition coefficient (Wildman–Crippen LogP) is 4.26. The van der Waals surface area contributed by atoms with Gasteiger partial charge in [-0.3, -0.25) is 4.79 Å². The topological polar surface area (TPSA) is 53.4 Å². The lowest BCUT2D eigenvalue weighted by Crippen LogP contribution is -2.25. The minimum absolute atomic E-state index is 0.117. The molecule has 0 unspecified atom stereocenters. The van der Waals surface area contributed by atoms with Gasteiger partial charge in [0, 0.05) is 28.3 Å². The maximum Gasteiger partial charge on any atom is 0.305 e. The van der Waals surface area contributed by atoms with Crippen LogP contribution in [0.5, 0.6) is 0 Å². The minimum Gasteiger partial charge on any atom is -0.481 e. The summed E-state index contributed by atoms with van der Waals surface area (Å²) < 4.78 is 0. The SMILES string of the molecule is O=C(O)CCN(Cc1cccs1)c1nc2c(s1)Cc1ccccc1-2. The minimum atomic E-state index is -0.777. The van der Waals surface area contributed by atoms with Gasteiger partial charge in [0.1, 0.15) is 0 Å². The Morgan fingerprint density at radius 1 is 1.25 bits per heavy atom. The van der Waals surface area contributed by atoms with Gasteiger partial charge >= 0.3 is 5.97 Å². The van der Waals surface area contributed by atoms with Gasteiger partial charge in [-0.25, -0.2) is 4.98 Å². The van der Waals surface area contributed by atoms with Crippen LogP contribution < -0.4 is 4.90 Å². The first-order valence-electron chi connectivity index (χ1n) is 7.78. The molecule has 0 atom stereocenters. The normalized spacial score (nSPS) is 12.0. The van der Waals surface area contributed by atoms with E-state index in [2.05, 4.69) is 29.2 Å². The molecule has 122 valence electrons. The van der Waals surface area contributed by atoms with Crippen molar-refractivity contribution in [1.29, 1.82) is 0 Å². The number of carboxylic acids is 1. The van der Waals surface area contributed by atoms with Crippen LogP contribution in [0, 0.1) is 0 Å². The number of carboxylic acid groups (broad SMARTS) is 1. The fourth-order valence-electron chi connectivity index (χ4n) is 2.95. The zero-order valence-corrected chi connectivity index (χ0v) is 14.6. The van der Waals surface area contributed by atoms with Crippen molar-refractivity contribution in [2.24, 2.45) is 0 Å². The van der Waals surface area contributed by atoms with Gasteiger partial charge in [0.25, 0.3) is 0 Å². The van der Waals surface area contributed by atoms with Gasteiger partial charge < -0.3 is 10.0 Å². The predicted molar refractivity (Wildman–Crippen MR) is 98.0 cm³/mol. The molecule has 24 heavy (non-hydrogen) atoms. The van der Waals surface area contributed by atoms with E-state index in [0.717, 1.165) is 17.2 Å². The molecule has 2 aromatic heterocycles. The molecule has 0 bridgehead atoms. The number of aliphatic carboxylic acids is 1. The smallest absolute Gasteiger partial charge is 0.305 e. The maximum atomic E-state index is 11.0. The number of hydrogen-bond acceptors (Lipinski definition) is 5. The van der Waals surface area contributed by atoms with Crippen molar-refractivity contribution in [3.8, 4) is 11.3 Å². The number of carbonyl (C=O) groups is 1. The van der Waals surface area contributed by atoms with E-state index in [0.29, 0.717) is 13.1 Å². The van der Waals surface area contributed by atoms with E-state index in [4.69, 9.17) is 10.1 Å². The summed E-state index contributed by atoms with van der Waals surface area (Å²) in [5.74, 6) is -0.777. The van der Waals surface area contributed by atoms with Crippen LogP contribution in [0.2, 0.25) is 0 Å². The van der Waals surface area contributed by atoms with E-state index in [-0.39, 0.29) is 6.42 Å². The van der Waals surface area contributed by atoms with E-state index >= 15 is 0 Å². The lowest BCUT2D eigenvalue weighted by molar-refractivity contribution is -0.136. The Kier molecular flexibility index (Phi) is 4.08. The summed E-state index contributed by atoms with van der Waals surface area (Å²) in [6, 6.07) is 12.5. The average Bonchev–Trinajstić information content (AvgIpc) is 3.26. The molecular formula is C18H16N2O2S2. The highest BCUT2D eigenvalue weighted by Crippen LogP contribution is 2.42. The molecule has 1 aliphatic carbocycles. The summed E-state index contributed by atoms with van der Waals surface area (Å²) in [5, 5.41) is 12.0. The van der Waals surface area contributed by atoms with E-state index in [1.807, 2.05) is 17.5 Å². The number of benzene rings is 1. The number of thiazole rings is 1. The molecule has 1 aliphatic rings. The molecule has 3 aromatic rings. The highest BCUT2D eigenvalue weighted by molar-refractivity contribution is 7.16. The molecule has 0 saturated heterocycles. The Hall–Kier alpha value is -2.18. The largest absolute Gasteiger partial charge is 0.481 e. The molecule has 0 aliphatic heterocycles. The Balaban J connectivity index is 1.63. The number of thiophene rings is 1. The molecule has 4 rings (SSSR count). The zero-order valence-electron chi connectivity index (χ0n) is 12.9. The van der Waals surface area contributed by atoms with Crippen LogP contribution >= 0.6 is 22.7 Å². The van der Waals surface area contributed by atoms with Gasteiger partial charge in [-0.1, -0.05) is 30.3 Å². The number of hydrogen-bond donors (Lipinski definition) is 1. The fourth-order valence-corrected chi connectivity index (χ4v) is 4.79. The zero-order chi connectivity index (χ0) is 16.5. The van der Waals surface area contributed by atoms with E-state index in [1.165, 1.54) is 20.9 Å². The van der Waals surface area contributed by atoms with Gasteiger partial charge in [-0.15, -0.1) is 22.7 Å². The van der Waals surface area contributed by atoms with Gasteiger partial charge in [-0.05, 0) is 17.0 Å². The molecule has 4 nitrogen and oxygen atoms in total. The maximum absolute atomic E-state index is 11.0. The van der Waals surface area contributed by atoms with Crippen molar-refractivity contribution >= 4 is 33.8 Å². The van der Waals surface area contributed by atoms with Crippen molar-refractivity contribution in [1.82, 2.24) is 4.98 Å². The van der Waals surface area contributed by atoms with Crippen LogP contribution in [0.3, 0.4) is 0 Å². The van der Waals surface area contributed by atoms with E-state index in [9.17, 15) is 4.79 Å². The van der Waals surface area contributed by atoms with Crippen LogP contribution in [0.15, 0.2) is 41.8 Å². The Labute approximate surface area is 148 Å². The molecule has 0 amide bonds. The monoisotopic (exact) mass is 356 g/mol. The van der Waals surface area contributed by atoms with Gasteiger partial charge in [0.05, 0.1) is 18.7 Å². The molecule has 0 radical (unpaired) electrons. The quantitative estimate of drug-likeness (QED) is 0.561. The highest BCUT2D eigenvalue weighted by Gasteiger charge is 2.25. The molecule has 0 saturated carbocycles. The number of fused-ring (bicyclic) bond motifs is 3. The van der Waals surface area contributed by atoms with Crippen molar-refractivity contribution in [2.75, 3.05) is 11.4 Å². The van der Waals surface area contributed by atoms with E-state index < -0.39 is 5.97 Å². The average molecular weight is 356 g/mol. The lowest BCUT2D eigenvalue weighted by Gasteiger charge is -2.20. The summed E-state index contributed by atoms with van der Waals surface area (Å²) in [4.78, 5) is 20.4. The molecule has 2 heterocycles. The molecule has 0 spiro atoms. The van der Waals surface area contributed by atoms with Crippen LogP contribution in [0.4, 0.5) is 5.13 Å². The Morgan fingerprint density at radius 2 is 2.12 bits per heavy atom. The molecular weight excluding hydrogens is 340 g/mol. The Bertz CT molecular complexity index is 871. The first-order valence-corrected chi connectivity index (χ1v) is 9.47. The lowest BCUT2D eigenvalue weighted by atomic mass is 10.1.